The molecule has 0 spiro atoms. The summed E-state index contributed by atoms with van der Waals surface area (Å²) in [6, 6.07) is 16.6. The molecule has 0 heterocycles. The quantitative estimate of drug-likeness (QED) is 0.594. The van der Waals surface area contributed by atoms with E-state index in [1.807, 2.05) is 20.8 Å². The second-order valence-electron chi connectivity index (χ2n) is 6.43. The Morgan fingerprint density at radius 3 is 1.36 bits per heavy atom. The van der Waals surface area contributed by atoms with Gasteiger partial charge >= 0.3 is 11.9 Å². The zero-order valence-corrected chi connectivity index (χ0v) is 16.5. The normalized spacial score (nSPS) is 11.9. The monoisotopic (exact) mass is 390 g/mol. The molecule has 0 saturated carbocycles. The number of hydrogen-bond acceptors (Lipinski definition) is 4. The van der Waals surface area contributed by atoms with Crippen molar-refractivity contribution >= 4 is 11.9 Å². The van der Waals surface area contributed by atoms with Gasteiger partial charge in [-0.2, -0.15) is 0 Å². The zero-order valence-electron chi connectivity index (χ0n) is 16.5. The lowest BCUT2D eigenvalue weighted by Crippen LogP contribution is -2.30. The third kappa shape index (κ3) is 11.1. The highest BCUT2D eigenvalue weighted by molar-refractivity contribution is 5.87. The molecule has 2 atom stereocenters. The number of aromatic carboxylic acids is 2. The zero-order chi connectivity index (χ0) is 21.5. The van der Waals surface area contributed by atoms with Gasteiger partial charge in [-0.15, -0.1) is 0 Å². The Morgan fingerprint density at radius 2 is 1.14 bits per heavy atom. The van der Waals surface area contributed by atoms with Crippen molar-refractivity contribution in [3.8, 4) is 0 Å². The van der Waals surface area contributed by atoms with Gasteiger partial charge in [0.05, 0.1) is 23.3 Å². The van der Waals surface area contributed by atoms with Crippen LogP contribution in [0.1, 0.15) is 54.3 Å². The number of benzene rings is 2. The van der Waals surface area contributed by atoms with Gasteiger partial charge in [-0.1, -0.05) is 63.6 Å². The van der Waals surface area contributed by atoms with E-state index in [-0.39, 0.29) is 5.92 Å². The lowest BCUT2D eigenvalue weighted by Gasteiger charge is -2.20. The number of rotatable bonds is 6. The molecule has 0 saturated heterocycles. The minimum absolute atomic E-state index is 0.154. The number of aliphatic hydroxyl groups excluding tert-OH is 2. The van der Waals surface area contributed by atoms with Gasteiger partial charge in [0.25, 0.3) is 0 Å². The van der Waals surface area contributed by atoms with E-state index in [1.54, 1.807) is 60.7 Å². The SMILES string of the molecule is CCCC(O)C(O)C(C)C.O=C(O)c1ccccc1.O=C(O)c1ccccc1. The molecule has 2 unspecified atom stereocenters. The molecule has 2 rings (SSSR count). The first-order valence-electron chi connectivity index (χ1n) is 9.13. The van der Waals surface area contributed by atoms with Gasteiger partial charge in [0.1, 0.15) is 0 Å². The van der Waals surface area contributed by atoms with Crippen LogP contribution in [-0.2, 0) is 0 Å². The summed E-state index contributed by atoms with van der Waals surface area (Å²) in [5, 5.41) is 35.3. The molecule has 28 heavy (non-hydrogen) atoms. The molecule has 0 radical (unpaired) electrons. The van der Waals surface area contributed by atoms with E-state index in [0.29, 0.717) is 17.5 Å². The fourth-order valence-corrected chi connectivity index (χ4v) is 2.07. The third-order valence-electron chi connectivity index (χ3n) is 3.70. The highest BCUT2D eigenvalue weighted by Gasteiger charge is 2.17. The molecule has 154 valence electrons. The Balaban J connectivity index is 0.000000391. The molecule has 0 aromatic heterocycles. The van der Waals surface area contributed by atoms with E-state index < -0.39 is 24.1 Å². The smallest absolute Gasteiger partial charge is 0.335 e. The van der Waals surface area contributed by atoms with Crippen LogP contribution < -0.4 is 0 Å². The maximum Gasteiger partial charge on any atom is 0.335 e. The van der Waals surface area contributed by atoms with Crippen LogP contribution in [0.15, 0.2) is 60.7 Å². The van der Waals surface area contributed by atoms with E-state index in [2.05, 4.69) is 0 Å². The second kappa shape index (κ2) is 14.4. The largest absolute Gasteiger partial charge is 0.478 e. The Labute approximate surface area is 166 Å². The van der Waals surface area contributed by atoms with Gasteiger partial charge in [-0.05, 0) is 36.6 Å². The Hall–Kier alpha value is -2.70. The maximum atomic E-state index is 10.2. The Morgan fingerprint density at radius 1 is 0.786 bits per heavy atom. The van der Waals surface area contributed by atoms with Crippen LogP contribution in [0.5, 0.6) is 0 Å². The van der Waals surface area contributed by atoms with Crippen molar-refractivity contribution < 1.29 is 30.0 Å². The van der Waals surface area contributed by atoms with E-state index in [9.17, 15) is 19.8 Å². The lowest BCUT2D eigenvalue weighted by atomic mass is 9.99. The van der Waals surface area contributed by atoms with Crippen molar-refractivity contribution in [3.05, 3.63) is 71.8 Å². The van der Waals surface area contributed by atoms with Gasteiger partial charge < -0.3 is 20.4 Å². The summed E-state index contributed by atoms with van der Waals surface area (Å²) in [4.78, 5) is 20.4. The highest BCUT2D eigenvalue weighted by Crippen LogP contribution is 2.10. The summed E-state index contributed by atoms with van der Waals surface area (Å²) in [6.45, 7) is 5.81. The van der Waals surface area contributed by atoms with Crippen molar-refractivity contribution in [3.63, 3.8) is 0 Å². The number of carbonyl (C=O) groups is 2. The van der Waals surface area contributed by atoms with Crippen molar-refractivity contribution in [2.75, 3.05) is 0 Å². The minimum Gasteiger partial charge on any atom is -0.478 e. The molecule has 6 heteroatoms. The Bertz CT molecular complexity index is 620. The van der Waals surface area contributed by atoms with E-state index in [4.69, 9.17) is 10.2 Å². The van der Waals surface area contributed by atoms with Gasteiger partial charge in [0.15, 0.2) is 0 Å². The van der Waals surface area contributed by atoms with Crippen molar-refractivity contribution in [1.82, 2.24) is 0 Å². The first-order valence-corrected chi connectivity index (χ1v) is 9.13. The lowest BCUT2D eigenvalue weighted by molar-refractivity contribution is -0.0123. The Kier molecular flexibility index (Phi) is 13.0. The number of carboxylic acid groups (broad SMARTS) is 2. The van der Waals surface area contributed by atoms with Gasteiger partial charge in [0, 0.05) is 0 Å². The van der Waals surface area contributed by atoms with Crippen molar-refractivity contribution in [2.24, 2.45) is 5.92 Å². The molecular formula is C22H30O6. The van der Waals surface area contributed by atoms with Crippen LogP contribution in [0.3, 0.4) is 0 Å². The average Bonchev–Trinajstić information content (AvgIpc) is 2.69. The second-order valence-corrected chi connectivity index (χ2v) is 6.43. The van der Waals surface area contributed by atoms with Crippen molar-refractivity contribution in [2.45, 2.75) is 45.8 Å². The summed E-state index contributed by atoms with van der Waals surface area (Å²) in [5.74, 6) is -1.60. The number of hydrogen-bond donors (Lipinski definition) is 4. The van der Waals surface area contributed by atoms with Gasteiger partial charge in [-0.25, -0.2) is 9.59 Å². The number of aliphatic hydroxyl groups is 2. The standard InChI is InChI=1S/C8H18O2.2C7H6O2/c1-4-5-7(9)8(10)6(2)3;2*8-7(9)6-4-2-1-3-5-6/h6-10H,4-5H2,1-3H3;2*1-5H,(H,8,9). The molecular weight excluding hydrogens is 360 g/mol. The molecule has 0 aliphatic carbocycles. The van der Waals surface area contributed by atoms with Crippen LogP contribution in [0.2, 0.25) is 0 Å². The van der Waals surface area contributed by atoms with E-state index in [1.165, 1.54) is 0 Å². The van der Waals surface area contributed by atoms with E-state index >= 15 is 0 Å². The molecule has 0 fully saturated rings. The number of carboxylic acids is 2. The van der Waals surface area contributed by atoms with Crippen LogP contribution in [0.4, 0.5) is 0 Å². The van der Waals surface area contributed by atoms with E-state index in [0.717, 1.165) is 6.42 Å². The fraction of sp³-hybridized carbons (Fsp3) is 0.364. The predicted octanol–water partition coefficient (Wildman–Crippen LogP) is 3.93. The molecule has 0 aliphatic rings. The van der Waals surface area contributed by atoms with Crippen LogP contribution in [0.25, 0.3) is 0 Å². The third-order valence-corrected chi connectivity index (χ3v) is 3.70. The first kappa shape index (κ1) is 25.3. The molecule has 0 bridgehead atoms. The summed E-state index contributed by atoms with van der Waals surface area (Å²) < 4.78 is 0. The molecule has 6 nitrogen and oxygen atoms in total. The molecule has 0 aliphatic heterocycles. The summed E-state index contributed by atoms with van der Waals surface area (Å²) in [5.41, 5.74) is 0.662. The van der Waals surface area contributed by atoms with Gasteiger partial charge in [-0.3, -0.25) is 0 Å². The predicted molar refractivity (Wildman–Crippen MR) is 109 cm³/mol. The summed E-state index contributed by atoms with van der Waals surface area (Å²) >= 11 is 0. The average molecular weight is 390 g/mol. The van der Waals surface area contributed by atoms with Crippen molar-refractivity contribution in [1.29, 1.82) is 0 Å². The van der Waals surface area contributed by atoms with Crippen LogP contribution in [0, 0.1) is 5.92 Å². The molecule has 2 aromatic carbocycles. The van der Waals surface area contributed by atoms with Gasteiger partial charge in [0.2, 0.25) is 0 Å². The molecule has 0 amide bonds. The van der Waals surface area contributed by atoms with Crippen LogP contribution >= 0.6 is 0 Å². The highest BCUT2D eigenvalue weighted by atomic mass is 16.4. The first-order chi connectivity index (χ1) is 13.2. The van der Waals surface area contributed by atoms with Crippen LogP contribution in [-0.4, -0.2) is 44.6 Å². The minimum atomic E-state index is -0.879. The summed E-state index contributed by atoms with van der Waals surface area (Å²) in [6.07, 6.45) is 0.523. The topological polar surface area (TPSA) is 115 Å². The molecule has 4 N–H and O–H groups in total. The molecule has 2 aromatic rings. The maximum absolute atomic E-state index is 10.2. The fourth-order valence-electron chi connectivity index (χ4n) is 2.07. The summed E-state index contributed by atoms with van der Waals surface area (Å²) in [7, 11) is 0.